The summed E-state index contributed by atoms with van der Waals surface area (Å²) in [6.07, 6.45) is 9.60. The first kappa shape index (κ1) is 7.37. The average Bonchev–Trinajstić information content (AvgIpc) is 2.56. The Morgan fingerprint density at radius 3 is 3.15 bits per heavy atom. The normalized spacial score (nSPS) is 29.8. The van der Waals surface area contributed by atoms with Crippen molar-refractivity contribution in [3.8, 4) is 0 Å². The van der Waals surface area contributed by atoms with Gasteiger partial charge in [0.05, 0.1) is 0 Å². The first-order chi connectivity index (χ1) is 6.45. The van der Waals surface area contributed by atoms with Gasteiger partial charge >= 0.3 is 0 Å². The third kappa shape index (κ3) is 1.05. The molecule has 0 N–H and O–H groups in total. The molecule has 2 unspecified atom stereocenters. The highest BCUT2D eigenvalue weighted by Crippen LogP contribution is 2.42. The summed E-state index contributed by atoms with van der Waals surface area (Å²) in [6.45, 7) is 0. The quantitative estimate of drug-likeness (QED) is 0.560. The number of hydrogen-bond acceptors (Lipinski definition) is 0. The highest BCUT2D eigenvalue weighted by Gasteiger charge is 2.31. The molecule has 0 fully saturated rings. The van der Waals surface area contributed by atoms with E-state index in [1.807, 2.05) is 0 Å². The lowest BCUT2D eigenvalue weighted by molar-refractivity contribution is 0.452. The van der Waals surface area contributed by atoms with E-state index < -0.39 is 0 Å². The standard InChI is InChI=1S/C13H13/c1-3-7-12-10(5-1)9-11-6-2-4-8-13(11)12/h1,3-5,7,11,13H,2,6,9H2. The van der Waals surface area contributed by atoms with Crippen LogP contribution in [0.3, 0.4) is 0 Å². The second kappa shape index (κ2) is 2.73. The zero-order valence-electron chi connectivity index (χ0n) is 7.66. The van der Waals surface area contributed by atoms with Crippen LogP contribution >= 0.6 is 0 Å². The fourth-order valence-electron chi connectivity index (χ4n) is 2.68. The third-order valence-corrected chi connectivity index (χ3v) is 3.32. The first-order valence-electron chi connectivity index (χ1n) is 5.11. The summed E-state index contributed by atoms with van der Waals surface area (Å²) >= 11 is 0. The van der Waals surface area contributed by atoms with Crippen LogP contribution in [-0.2, 0) is 6.42 Å². The van der Waals surface area contributed by atoms with Crippen molar-refractivity contribution in [2.75, 3.05) is 0 Å². The Bertz CT molecular complexity index is 349. The molecule has 0 nitrogen and oxygen atoms in total. The molecule has 1 radical (unpaired) electrons. The van der Waals surface area contributed by atoms with Gasteiger partial charge in [0, 0.05) is 5.92 Å². The van der Waals surface area contributed by atoms with E-state index in [0.717, 1.165) is 5.92 Å². The van der Waals surface area contributed by atoms with Gasteiger partial charge in [0.2, 0.25) is 0 Å². The topological polar surface area (TPSA) is 0 Å². The van der Waals surface area contributed by atoms with E-state index in [2.05, 4.69) is 36.4 Å². The summed E-state index contributed by atoms with van der Waals surface area (Å²) in [7, 11) is 0. The number of allylic oxidation sites excluding steroid dienone is 2. The highest BCUT2D eigenvalue weighted by atomic mass is 14.3. The molecule has 0 heterocycles. The van der Waals surface area contributed by atoms with E-state index >= 15 is 0 Å². The summed E-state index contributed by atoms with van der Waals surface area (Å²) < 4.78 is 0. The molecule has 0 saturated heterocycles. The Balaban J connectivity index is 2.09. The molecule has 3 rings (SSSR count). The van der Waals surface area contributed by atoms with Crippen LogP contribution in [0.5, 0.6) is 0 Å². The minimum absolute atomic E-state index is 0.616. The molecular formula is C13H13. The fraction of sp³-hybridized carbons (Fsp3) is 0.385. The molecular weight excluding hydrogens is 156 g/mol. The summed E-state index contributed by atoms with van der Waals surface area (Å²) in [5.41, 5.74) is 3.09. The maximum Gasteiger partial charge on any atom is 0.0123 e. The number of fused-ring (bicyclic) bond motifs is 3. The molecule has 2 aliphatic carbocycles. The minimum Gasteiger partial charge on any atom is -0.0804 e. The van der Waals surface area contributed by atoms with Gasteiger partial charge in [0.25, 0.3) is 0 Å². The monoisotopic (exact) mass is 169 g/mol. The Morgan fingerprint density at radius 1 is 1.23 bits per heavy atom. The molecule has 0 heteroatoms. The van der Waals surface area contributed by atoms with Gasteiger partial charge in [-0.05, 0) is 42.4 Å². The van der Waals surface area contributed by atoms with Crippen molar-refractivity contribution in [1.29, 1.82) is 0 Å². The predicted octanol–water partition coefficient (Wildman–Crippen LogP) is 3.10. The molecule has 0 aliphatic heterocycles. The molecule has 2 atom stereocenters. The van der Waals surface area contributed by atoms with E-state index in [1.165, 1.54) is 24.8 Å². The van der Waals surface area contributed by atoms with Gasteiger partial charge < -0.3 is 0 Å². The Kier molecular flexibility index (Phi) is 1.55. The zero-order chi connectivity index (χ0) is 8.67. The smallest absolute Gasteiger partial charge is 0.0123 e. The van der Waals surface area contributed by atoms with Gasteiger partial charge in [0.15, 0.2) is 0 Å². The van der Waals surface area contributed by atoms with Crippen molar-refractivity contribution >= 4 is 0 Å². The lowest BCUT2D eigenvalue weighted by Gasteiger charge is -2.19. The van der Waals surface area contributed by atoms with Crippen molar-refractivity contribution < 1.29 is 0 Å². The molecule has 1 aromatic rings. The molecule has 65 valence electrons. The Hall–Kier alpha value is -1.04. The molecule has 0 amide bonds. The van der Waals surface area contributed by atoms with E-state index in [1.54, 1.807) is 5.56 Å². The van der Waals surface area contributed by atoms with Gasteiger partial charge in [-0.15, -0.1) is 0 Å². The number of hydrogen-bond donors (Lipinski definition) is 0. The van der Waals surface area contributed by atoms with Crippen LogP contribution in [0.4, 0.5) is 0 Å². The van der Waals surface area contributed by atoms with Crippen LogP contribution in [0.25, 0.3) is 0 Å². The van der Waals surface area contributed by atoms with Crippen LogP contribution in [-0.4, -0.2) is 0 Å². The van der Waals surface area contributed by atoms with Crippen LogP contribution < -0.4 is 0 Å². The van der Waals surface area contributed by atoms with Gasteiger partial charge in [0.1, 0.15) is 0 Å². The van der Waals surface area contributed by atoms with E-state index in [0.29, 0.717) is 5.92 Å². The molecule has 1 aromatic carbocycles. The first-order valence-corrected chi connectivity index (χ1v) is 5.11. The lowest BCUT2D eigenvalue weighted by Crippen LogP contribution is -2.08. The molecule has 13 heavy (non-hydrogen) atoms. The van der Waals surface area contributed by atoms with Gasteiger partial charge in [-0.25, -0.2) is 0 Å². The van der Waals surface area contributed by atoms with E-state index in [9.17, 15) is 0 Å². The molecule has 2 aliphatic rings. The predicted molar refractivity (Wildman–Crippen MR) is 53.4 cm³/mol. The van der Waals surface area contributed by atoms with Crippen LogP contribution in [0.1, 0.15) is 29.9 Å². The summed E-state index contributed by atoms with van der Waals surface area (Å²) in [5, 5.41) is 0. The molecule has 0 spiro atoms. The highest BCUT2D eigenvalue weighted by molar-refractivity contribution is 5.38. The van der Waals surface area contributed by atoms with E-state index in [-0.39, 0.29) is 0 Å². The Labute approximate surface area is 79.3 Å². The minimum atomic E-state index is 0.616. The zero-order valence-corrected chi connectivity index (χ0v) is 7.66. The fourth-order valence-corrected chi connectivity index (χ4v) is 2.68. The largest absolute Gasteiger partial charge is 0.0804 e. The maximum absolute atomic E-state index is 3.51. The number of rotatable bonds is 0. The van der Waals surface area contributed by atoms with Crippen molar-refractivity contribution in [2.45, 2.75) is 25.2 Å². The van der Waals surface area contributed by atoms with Crippen LogP contribution in [0.2, 0.25) is 0 Å². The Morgan fingerprint density at radius 2 is 2.15 bits per heavy atom. The van der Waals surface area contributed by atoms with Gasteiger partial charge in [-0.1, -0.05) is 30.3 Å². The average molecular weight is 169 g/mol. The maximum atomic E-state index is 3.51. The van der Waals surface area contributed by atoms with E-state index in [4.69, 9.17) is 0 Å². The lowest BCUT2D eigenvalue weighted by atomic mass is 9.85. The second-order valence-corrected chi connectivity index (χ2v) is 4.09. The van der Waals surface area contributed by atoms with Crippen LogP contribution in [0, 0.1) is 12.0 Å². The molecule has 0 aromatic heterocycles. The summed E-state index contributed by atoms with van der Waals surface area (Å²) in [6, 6.07) is 8.85. The van der Waals surface area contributed by atoms with Crippen molar-refractivity contribution in [3.63, 3.8) is 0 Å². The third-order valence-electron chi connectivity index (χ3n) is 3.32. The summed E-state index contributed by atoms with van der Waals surface area (Å²) in [4.78, 5) is 0. The molecule has 0 bridgehead atoms. The van der Waals surface area contributed by atoms with Crippen molar-refractivity contribution in [3.05, 3.63) is 47.5 Å². The van der Waals surface area contributed by atoms with Gasteiger partial charge in [-0.2, -0.15) is 0 Å². The van der Waals surface area contributed by atoms with Crippen molar-refractivity contribution in [1.82, 2.24) is 0 Å². The van der Waals surface area contributed by atoms with Gasteiger partial charge in [-0.3, -0.25) is 0 Å². The molecule has 0 saturated carbocycles. The second-order valence-electron chi connectivity index (χ2n) is 4.09. The van der Waals surface area contributed by atoms with Crippen molar-refractivity contribution in [2.24, 2.45) is 5.92 Å². The van der Waals surface area contributed by atoms with Crippen LogP contribution in [0.15, 0.2) is 30.3 Å². The number of benzene rings is 1. The SMILES string of the molecule is [C]1=CCCC2Cc3ccccc3C12. The summed E-state index contributed by atoms with van der Waals surface area (Å²) in [5.74, 6) is 1.47.